The number of carbonyl (C=O) groups excluding carboxylic acids is 2. The molecule has 2 amide bonds. The molecule has 3 rings (SSSR count). The van der Waals surface area contributed by atoms with E-state index in [0.717, 1.165) is 47.3 Å². The standard InChI is InChI=1S/C23H26N2O3S/c1-2-3-4-5-7-18-8-6-9-19(24-18)14-15-28-20-12-10-17(11-13-20)16-21-22(26)25-23(27)29-21/h6,8-13,16H,2-5,7,14-15H2,1H3,(H,25,26,27). The molecule has 0 atom stereocenters. The number of ether oxygens (including phenoxy) is 1. The highest BCUT2D eigenvalue weighted by Gasteiger charge is 2.24. The molecule has 1 aromatic heterocycles. The van der Waals surface area contributed by atoms with Gasteiger partial charge in [-0.3, -0.25) is 19.9 Å². The van der Waals surface area contributed by atoms with E-state index in [2.05, 4.69) is 24.4 Å². The van der Waals surface area contributed by atoms with Crippen molar-refractivity contribution in [3.05, 3.63) is 64.3 Å². The molecule has 1 aliphatic rings. The molecule has 0 radical (unpaired) electrons. The first-order valence-electron chi connectivity index (χ1n) is 10.1. The summed E-state index contributed by atoms with van der Waals surface area (Å²) in [6.07, 6.45) is 8.48. The molecule has 29 heavy (non-hydrogen) atoms. The van der Waals surface area contributed by atoms with Crippen LogP contribution in [0.2, 0.25) is 0 Å². The van der Waals surface area contributed by atoms with Gasteiger partial charge in [-0.2, -0.15) is 0 Å². The van der Waals surface area contributed by atoms with Crippen molar-refractivity contribution in [2.45, 2.75) is 45.4 Å². The maximum absolute atomic E-state index is 11.6. The molecule has 152 valence electrons. The van der Waals surface area contributed by atoms with Crippen molar-refractivity contribution in [3.8, 4) is 5.75 Å². The van der Waals surface area contributed by atoms with Gasteiger partial charge in [-0.05, 0) is 60.5 Å². The van der Waals surface area contributed by atoms with Gasteiger partial charge in [0, 0.05) is 17.8 Å². The third kappa shape index (κ3) is 6.75. The van der Waals surface area contributed by atoms with Crippen LogP contribution in [0.1, 0.15) is 49.6 Å². The number of nitrogens with zero attached hydrogens (tertiary/aromatic N) is 1. The molecular formula is C23H26N2O3S. The molecule has 1 aromatic carbocycles. The van der Waals surface area contributed by atoms with Gasteiger partial charge in [0.05, 0.1) is 11.5 Å². The van der Waals surface area contributed by atoms with Crippen LogP contribution >= 0.6 is 11.8 Å². The van der Waals surface area contributed by atoms with Gasteiger partial charge in [0.25, 0.3) is 11.1 Å². The van der Waals surface area contributed by atoms with Gasteiger partial charge in [0.1, 0.15) is 5.75 Å². The zero-order chi connectivity index (χ0) is 20.5. The van der Waals surface area contributed by atoms with E-state index in [4.69, 9.17) is 9.72 Å². The second kappa shape index (κ2) is 10.8. The van der Waals surface area contributed by atoms with Crippen LogP contribution in [0.4, 0.5) is 4.79 Å². The lowest BCUT2D eigenvalue weighted by molar-refractivity contribution is -0.115. The minimum Gasteiger partial charge on any atom is -0.493 e. The Labute approximate surface area is 176 Å². The number of aryl methyl sites for hydroxylation is 1. The highest BCUT2D eigenvalue weighted by molar-refractivity contribution is 8.18. The summed E-state index contributed by atoms with van der Waals surface area (Å²) < 4.78 is 5.83. The van der Waals surface area contributed by atoms with E-state index in [-0.39, 0.29) is 11.1 Å². The third-order valence-corrected chi connectivity index (χ3v) is 5.41. The van der Waals surface area contributed by atoms with E-state index in [1.807, 2.05) is 30.3 Å². The summed E-state index contributed by atoms with van der Waals surface area (Å²) >= 11 is 0.916. The zero-order valence-corrected chi connectivity index (χ0v) is 17.5. The molecule has 2 aromatic rings. The summed E-state index contributed by atoms with van der Waals surface area (Å²) in [4.78, 5) is 27.9. The van der Waals surface area contributed by atoms with Crippen molar-refractivity contribution in [1.29, 1.82) is 0 Å². The zero-order valence-electron chi connectivity index (χ0n) is 16.6. The predicted molar refractivity (Wildman–Crippen MR) is 117 cm³/mol. The van der Waals surface area contributed by atoms with Crippen molar-refractivity contribution in [3.63, 3.8) is 0 Å². The van der Waals surface area contributed by atoms with Crippen LogP contribution in [0, 0.1) is 0 Å². The fourth-order valence-electron chi connectivity index (χ4n) is 3.05. The van der Waals surface area contributed by atoms with Crippen LogP contribution in [-0.2, 0) is 17.6 Å². The highest BCUT2D eigenvalue weighted by atomic mass is 32.2. The molecule has 2 heterocycles. The van der Waals surface area contributed by atoms with Gasteiger partial charge in [0.2, 0.25) is 0 Å². The second-order valence-electron chi connectivity index (χ2n) is 6.95. The molecule has 1 saturated heterocycles. The Morgan fingerprint density at radius 2 is 1.76 bits per heavy atom. The van der Waals surface area contributed by atoms with Crippen LogP contribution in [-0.4, -0.2) is 22.7 Å². The number of hydrogen-bond donors (Lipinski definition) is 1. The second-order valence-corrected chi connectivity index (χ2v) is 7.97. The number of aromatic nitrogens is 1. The molecule has 0 aliphatic carbocycles. The molecule has 5 nitrogen and oxygen atoms in total. The average molecular weight is 411 g/mol. The topological polar surface area (TPSA) is 68.3 Å². The quantitative estimate of drug-likeness (QED) is 0.433. The Kier molecular flexibility index (Phi) is 7.87. The van der Waals surface area contributed by atoms with Crippen molar-refractivity contribution in [2.24, 2.45) is 0 Å². The fraction of sp³-hybridized carbons (Fsp3) is 0.348. The number of thioether (sulfide) groups is 1. The maximum Gasteiger partial charge on any atom is 0.290 e. The molecule has 6 heteroatoms. The summed E-state index contributed by atoms with van der Waals surface area (Å²) in [7, 11) is 0. The number of benzene rings is 1. The minimum absolute atomic E-state index is 0.333. The van der Waals surface area contributed by atoms with Crippen LogP contribution in [0.3, 0.4) is 0 Å². The predicted octanol–water partition coefficient (Wildman–Crippen LogP) is 5.15. The first kappa shape index (κ1) is 21.1. The monoisotopic (exact) mass is 410 g/mol. The maximum atomic E-state index is 11.6. The number of amides is 2. The van der Waals surface area contributed by atoms with Gasteiger partial charge in [0.15, 0.2) is 0 Å². The van der Waals surface area contributed by atoms with Crippen molar-refractivity contribution < 1.29 is 14.3 Å². The Morgan fingerprint density at radius 1 is 1.00 bits per heavy atom. The first-order chi connectivity index (χ1) is 14.1. The molecule has 1 aliphatic heterocycles. The van der Waals surface area contributed by atoms with E-state index in [0.29, 0.717) is 11.5 Å². The van der Waals surface area contributed by atoms with E-state index in [1.165, 1.54) is 25.7 Å². The van der Waals surface area contributed by atoms with Crippen molar-refractivity contribution in [1.82, 2.24) is 10.3 Å². The molecule has 0 spiro atoms. The van der Waals surface area contributed by atoms with Crippen LogP contribution in [0.5, 0.6) is 5.75 Å². The Hall–Kier alpha value is -2.60. The summed E-state index contributed by atoms with van der Waals surface area (Å²) in [5.74, 6) is 0.419. The van der Waals surface area contributed by atoms with Gasteiger partial charge in [-0.15, -0.1) is 0 Å². The molecule has 1 N–H and O–H groups in total. The van der Waals surface area contributed by atoms with Crippen LogP contribution in [0.25, 0.3) is 6.08 Å². The fourth-order valence-corrected chi connectivity index (χ4v) is 3.73. The van der Waals surface area contributed by atoms with E-state index >= 15 is 0 Å². The molecule has 0 unspecified atom stereocenters. The lowest BCUT2D eigenvalue weighted by atomic mass is 10.1. The van der Waals surface area contributed by atoms with Gasteiger partial charge >= 0.3 is 0 Å². The number of carbonyl (C=O) groups is 2. The Morgan fingerprint density at radius 3 is 2.45 bits per heavy atom. The summed E-state index contributed by atoms with van der Waals surface area (Å²) in [6.45, 7) is 2.78. The number of imide groups is 1. The van der Waals surface area contributed by atoms with Crippen LogP contribution in [0.15, 0.2) is 47.4 Å². The summed E-state index contributed by atoms with van der Waals surface area (Å²) in [6, 6.07) is 13.7. The largest absolute Gasteiger partial charge is 0.493 e. The number of pyridine rings is 1. The minimum atomic E-state index is -0.347. The average Bonchev–Trinajstić information content (AvgIpc) is 3.04. The first-order valence-corrected chi connectivity index (χ1v) is 10.9. The molecule has 0 saturated carbocycles. The lowest BCUT2D eigenvalue weighted by Crippen LogP contribution is -2.17. The molecular weight excluding hydrogens is 384 g/mol. The van der Waals surface area contributed by atoms with Gasteiger partial charge in [-0.1, -0.05) is 44.4 Å². The summed E-state index contributed by atoms with van der Waals surface area (Å²) in [5, 5.41) is 1.92. The molecule has 0 bridgehead atoms. The number of nitrogens with one attached hydrogen (secondary N) is 1. The van der Waals surface area contributed by atoms with E-state index in [9.17, 15) is 9.59 Å². The number of rotatable bonds is 10. The molecule has 1 fully saturated rings. The normalized spacial score (nSPS) is 15.0. The van der Waals surface area contributed by atoms with Crippen molar-refractivity contribution >= 4 is 29.0 Å². The lowest BCUT2D eigenvalue weighted by Gasteiger charge is -2.08. The Balaban J connectivity index is 1.46. The van der Waals surface area contributed by atoms with Crippen LogP contribution < -0.4 is 10.1 Å². The smallest absolute Gasteiger partial charge is 0.290 e. The third-order valence-electron chi connectivity index (χ3n) is 4.60. The van der Waals surface area contributed by atoms with Crippen molar-refractivity contribution in [2.75, 3.05) is 6.61 Å². The summed E-state index contributed by atoms with van der Waals surface area (Å²) in [5.41, 5.74) is 3.05. The number of hydrogen-bond acceptors (Lipinski definition) is 5. The van der Waals surface area contributed by atoms with Gasteiger partial charge < -0.3 is 4.74 Å². The highest BCUT2D eigenvalue weighted by Crippen LogP contribution is 2.26. The van der Waals surface area contributed by atoms with Gasteiger partial charge in [-0.25, -0.2) is 0 Å². The SMILES string of the molecule is CCCCCCc1cccc(CCOc2ccc(C=C3SC(=O)NC3=O)cc2)n1. The van der Waals surface area contributed by atoms with E-state index < -0.39 is 0 Å². The number of unbranched alkanes of at least 4 members (excludes halogenated alkanes) is 3. The Bertz CT molecular complexity index is 878. The van der Waals surface area contributed by atoms with E-state index in [1.54, 1.807) is 6.08 Å².